The average Bonchev–Trinajstić information content (AvgIpc) is 2.81. The summed E-state index contributed by atoms with van der Waals surface area (Å²) in [6, 6.07) is 6.94. The summed E-state index contributed by atoms with van der Waals surface area (Å²) in [5, 5.41) is 12.1. The Kier molecular flexibility index (Phi) is 8.12. The Labute approximate surface area is 226 Å². The van der Waals surface area contributed by atoms with Crippen LogP contribution in [0.5, 0.6) is 17.2 Å². The number of rotatable bonds is 6. The monoisotopic (exact) mass is 562 g/mol. The Balaban J connectivity index is 2.41. The minimum Gasteiger partial charge on any atom is -0.465 e. The summed E-state index contributed by atoms with van der Waals surface area (Å²) in [5.74, 6) is -5.33. The van der Waals surface area contributed by atoms with E-state index >= 15 is 0 Å². The third-order valence-electron chi connectivity index (χ3n) is 5.48. The highest BCUT2D eigenvalue weighted by Gasteiger charge is 2.58. The van der Waals surface area contributed by atoms with Gasteiger partial charge in [0.1, 0.15) is 6.17 Å². The summed E-state index contributed by atoms with van der Waals surface area (Å²) in [6.45, 7) is 3.07. The van der Waals surface area contributed by atoms with Gasteiger partial charge in [0.15, 0.2) is 17.0 Å². The van der Waals surface area contributed by atoms with Gasteiger partial charge in [0, 0.05) is 38.5 Å². The Bertz CT molecular complexity index is 1360. The molecule has 3 rings (SSSR count). The molecule has 0 radical (unpaired) electrons. The van der Waals surface area contributed by atoms with Crippen molar-refractivity contribution in [2.45, 2.75) is 32.5 Å². The first-order valence-corrected chi connectivity index (χ1v) is 11.4. The van der Waals surface area contributed by atoms with E-state index in [0.717, 1.165) is 44.9 Å². The van der Waals surface area contributed by atoms with Crippen LogP contribution >= 0.6 is 11.6 Å². The maximum atomic E-state index is 13.7. The molecule has 1 heterocycles. The number of benzene rings is 2. The summed E-state index contributed by atoms with van der Waals surface area (Å²) in [5.41, 5.74) is 3.79. The summed E-state index contributed by atoms with van der Waals surface area (Å²) in [4.78, 5) is 76.1. The van der Waals surface area contributed by atoms with Gasteiger partial charge in [-0.05, 0) is 35.9 Å². The molecule has 0 bridgehead atoms. The molecular weight excluding hydrogens is 540 g/mol. The lowest BCUT2D eigenvalue weighted by Crippen LogP contribution is -2.76. The second-order valence-corrected chi connectivity index (χ2v) is 8.70. The predicted octanol–water partition coefficient (Wildman–Crippen LogP) is 1.96. The van der Waals surface area contributed by atoms with Gasteiger partial charge in [-0.3, -0.25) is 29.0 Å². The lowest BCUT2D eigenvalue weighted by atomic mass is 9.82. The molecule has 4 N–H and O–H groups in total. The zero-order valence-electron chi connectivity index (χ0n) is 21.0. The van der Waals surface area contributed by atoms with E-state index in [4.69, 9.17) is 31.5 Å². The highest BCUT2D eigenvalue weighted by atomic mass is 35.5. The summed E-state index contributed by atoms with van der Waals surface area (Å²) in [7, 11) is 1.10. The van der Waals surface area contributed by atoms with E-state index in [0.29, 0.717) is 4.90 Å². The van der Waals surface area contributed by atoms with Gasteiger partial charge >= 0.3 is 30.0 Å². The Morgan fingerprint density at radius 2 is 1.51 bits per heavy atom. The van der Waals surface area contributed by atoms with Crippen molar-refractivity contribution in [1.82, 2.24) is 10.2 Å². The molecule has 15 heteroatoms. The molecule has 0 saturated carbocycles. The van der Waals surface area contributed by atoms with Gasteiger partial charge in [0.25, 0.3) is 5.91 Å². The van der Waals surface area contributed by atoms with Crippen molar-refractivity contribution in [1.29, 1.82) is 0 Å². The Morgan fingerprint density at radius 1 is 0.974 bits per heavy atom. The number of anilines is 1. The maximum Gasteiger partial charge on any atom is 0.405 e. The van der Waals surface area contributed by atoms with Crippen LogP contribution in [-0.2, 0) is 24.7 Å². The van der Waals surface area contributed by atoms with Crippen molar-refractivity contribution >= 4 is 53.2 Å². The number of nitrogens with two attached hydrogens (primary N) is 1. The van der Waals surface area contributed by atoms with Crippen LogP contribution in [0.25, 0.3) is 0 Å². The third kappa shape index (κ3) is 5.61. The van der Waals surface area contributed by atoms with E-state index in [1.807, 2.05) is 0 Å². The molecular formula is C24H23ClN4O10. The van der Waals surface area contributed by atoms with Crippen LogP contribution in [0.15, 0.2) is 36.4 Å². The van der Waals surface area contributed by atoms with Gasteiger partial charge in [0.05, 0.1) is 0 Å². The number of imide groups is 1. The normalized spacial score (nSPS) is 18.9. The molecule has 206 valence electrons. The molecule has 14 nitrogen and oxygen atoms in total. The van der Waals surface area contributed by atoms with Crippen molar-refractivity contribution in [2.75, 3.05) is 11.9 Å². The van der Waals surface area contributed by atoms with Crippen LogP contribution in [0, 0.1) is 0 Å². The molecule has 2 unspecified atom stereocenters. The van der Waals surface area contributed by atoms with Gasteiger partial charge < -0.3 is 30.4 Å². The number of urea groups is 1. The number of carbonyl (C=O) groups excluding carboxylic acids is 5. The number of esters is 3. The minimum absolute atomic E-state index is 0.118. The van der Waals surface area contributed by atoms with Crippen LogP contribution in [0.4, 0.5) is 15.3 Å². The average molecular weight is 563 g/mol. The van der Waals surface area contributed by atoms with Gasteiger partial charge in [-0.15, -0.1) is 0 Å². The van der Waals surface area contributed by atoms with Gasteiger partial charge in [0.2, 0.25) is 5.75 Å². The molecule has 0 aromatic heterocycles. The second kappa shape index (κ2) is 11.0. The molecule has 0 spiro atoms. The molecule has 1 saturated heterocycles. The summed E-state index contributed by atoms with van der Waals surface area (Å²) >= 11 is 6.09. The predicted molar refractivity (Wildman–Crippen MR) is 133 cm³/mol. The third-order valence-corrected chi connectivity index (χ3v) is 5.71. The molecule has 1 aliphatic heterocycles. The van der Waals surface area contributed by atoms with Gasteiger partial charge in [-0.1, -0.05) is 17.7 Å². The number of likely N-dealkylation sites (N-methyl/N-ethyl adjacent to an activating group) is 1. The van der Waals surface area contributed by atoms with Crippen molar-refractivity contribution in [2.24, 2.45) is 5.73 Å². The van der Waals surface area contributed by atoms with Crippen LogP contribution in [0.2, 0.25) is 5.02 Å². The van der Waals surface area contributed by atoms with E-state index < -0.39 is 64.9 Å². The minimum atomic E-state index is -2.48. The molecule has 4 amide bonds. The SMILES string of the molecule is CC(=O)Oc1cc(C2(NC(=O)O)C(=O)N(C)C(=O)N(c3cccc(Cl)c3)C2N)cc(OC(C)=O)c1OC(C)=O. The lowest BCUT2D eigenvalue weighted by Gasteiger charge is -2.49. The fourth-order valence-corrected chi connectivity index (χ4v) is 4.21. The first-order valence-electron chi connectivity index (χ1n) is 11.1. The fourth-order valence-electron chi connectivity index (χ4n) is 4.02. The number of halogens is 1. The van der Waals surface area contributed by atoms with E-state index in [1.165, 1.54) is 24.3 Å². The van der Waals surface area contributed by atoms with Gasteiger partial charge in [-0.25, -0.2) is 9.59 Å². The molecule has 1 fully saturated rings. The Morgan fingerprint density at radius 3 is 1.97 bits per heavy atom. The van der Waals surface area contributed by atoms with Crippen LogP contribution in [-0.4, -0.2) is 59.2 Å². The fraction of sp³-hybridized carbons (Fsp3) is 0.250. The van der Waals surface area contributed by atoms with Crippen molar-refractivity contribution < 1.29 is 48.1 Å². The number of ether oxygens (including phenoxy) is 3. The molecule has 2 atom stereocenters. The van der Waals surface area contributed by atoms with Crippen molar-refractivity contribution in [3.8, 4) is 17.2 Å². The Hall–Kier alpha value is -4.69. The topological polar surface area (TPSA) is 195 Å². The lowest BCUT2D eigenvalue weighted by molar-refractivity contribution is -0.137. The number of hydrogen-bond acceptors (Lipinski definition) is 10. The smallest absolute Gasteiger partial charge is 0.405 e. The zero-order valence-corrected chi connectivity index (χ0v) is 21.8. The zero-order chi connectivity index (χ0) is 29.2. The molecule has 2 aromatic rings. The van der Waals surface area contributed by atoms with Crippen LogP contribution in [0.3, 0.4) is 0 Å². The quantitative estimate of drug-likeness (QED) is 0.344. The number of amides is 4. The highest BCUT2D eigenvalue weighted by molar-refractivity contribution is 6.31. The molecule has 0 aliphatic carbocycles. The first kappa shape index (κ1) is 28.9. The summed E-state index contributed by atoms with van der Waals surface area (Å²) in [6.07, 6.45) is -3.49. The number of carbonyl (C=O) groups is 6. The summed E-state index contributed by atoms with van der Waals surface area (Å²) < 4.78 is 15.4. The molecule has 39 heavy (non-hydrogen) atoms. The number of carboxylic acid groups (broad SMARTS) is 1. The maximum absolute atomic E-state index is 13.7. The standard InChI is InChI=1S/C24H23ClN4O10/c1-11(30)37-17-8-14(9-18(38-12(2)31)19(17)39-13(3)32)24(27-22(34)35)20(26)29(23(36)28(4)21(24)33)16-7-5-6-15(25)10-16/h5-10,20,27H,26H2,1-4H3,(H,34,35). The highest BCUT2D eigenvalue weighted by Crippen LogP contribution is 2.45. The van der Waals surface area contributed by atoms with E-state index in [-0.39, 0.29) is 16.3 Å². The van der Waals surface area contributed by atoms with Crippen molar-refractivity contribution in [3.05, 3.63) is 47.0 Å². The molecule has 2 aromatic carbocycles. The second-order valence-electron chi connectivity index (χ2n) is 8.26. The first-order chi connectivity index (χ1) is 18.2. The van der Waals surface area contributed by atoms with Crippen LogP contribution in [0.1, 0.15) is 26.3 Å². The van der Waals surface area contributed by atoms with Crippen LogP contribution < -0.4 is 30.2 Å². The molecule has 1 aliphatic rings. The largest absolute Gasteiger partial charge is 0.465 e. The van der Waals surface area contributed by atoms with Crippen molar-refractivity contribution in [3.63, 3.8) is 0 Å². The van der Waals surface area contributed by atoms with E-state index in [9.17, 15) is 33.9 Å². The van der Waals surface area contributed by atoms with Gasteiger partial charge in [-0.2, -0.15) is 0 Å². The number of nitrogens with zero attached hydrogens (tertiary/aromatic N) is 2. The number of hydrogen-bond donors (Lipinski definition) is 3. The van der Waals surface area contributed by atoms with E-state index in [2.05, 4.69) is 5.32 Å². The number of nitrogens with one attached hydrogen (secondary N) is 1. The van der Waals surface area contributed by atoms with E-state index in [1.54, 1.807) is 0 Å².